The zero-order chi connectivity index (χ0) is 23.2. The average molecular weight is 470 g/mol. The van der Waals surface area contributed by atoms with E-state index >= 15 is 0 Å². The van der Waals surface area contributed by atoms with Gasteiger partial charge in [0, 0.05) is 24.0 Å². The van der Waals surface area contributed by atoms with Crippen LogP contribution in [0.3, 0.4) is 0 Å². The van der Waals surface area contributed by atoms with Crippen molar-refractivity contribution in [3.05, 3.63) is 86.8 Å². The number of imide groups is 1. The number of benzene rings is 2. The number of hydrogen-bond acceptors (Lipinski definition) is 5. The molecule has 0 bridgehead atoms. The maximum atomic E-state index is 13.4. The maximum Gasteiger partial charge on any atom is 0.262 e. The third kappa shape index (κ3) is 3.39. The Hall–Kier alpha value is -3.58. The number of thiophene rings is 1. The van der Waals surface area contributed by atoms with E-state index in [2.05, 4.69) is 23.2 Å². The second-order valence-electron chi connectivity index (χ2n) is 8.92. The lowest BCUT2D eigenvalue weighted by molar-refractivity contribution is 0.0650. The minimum absolute atomic E-state index is 0.0821. The second-order valence-corrected chi connectivity index (χ2v) is 9.78. The van der Waals surface area contributed by atoms with Crippen LogP contribution in [-0.4, -0.2) is 32.8 Å². The molecule has 0 N–H and O–H groups in total. The van der Waals surface area contributed by atoms with E-state index in [4.69, 9.17) is 0 Å². The van der Waals surface area contributed by atoms with E-state index in [0.29, 0.717) is 29.5 Å². The summed E-state index contributed by atoms with van der Waals surface area (Å²) in [6.07, 6.45) is 6.72. The molecule has 2 amide bonds. The monoisotopic (exact) mass is 469 g/mol. The Labute approximate surface area is 200 Å². The normalized spacial score (nSPS) is 15.1. The highest BCUT2D eigenvalue weighted by atomic mass is 32.1. The molecule has 4 aromatic rings. The molecule has 0 unspecified atom stereocenters. The van der Waals surface area contributed by atoms with Crippen LogP contribution in [0, 0.1) is 0 Å². The zero-order valence-corrected chi connectivity index (χ0v) is 19.4. The molecule has 2 aromatic heterocycles. The van der Waals surface area contributed by atoms with E-state index in [1.165, 1.54) is 40.2 Å². The third-order valence-corrected chi connectivity index (χ3v) is 7.77. The summed E-state index contributed by atoms with van der Waals surface area (Å²) in [6, 6.07) is 13.4. The van der Waals surface area contributed by atoms with E-state index in [0.717, 1.165) is 28.8 Å². The number of fused-ring (bicyclic) bond motifs is 3. The van der Waals surface area contributed by atoms with Crippen LogP contribution in [0.2, 0.25) is 0 Å². The lowest BCUT2D eigenvalue weighted by atomic mass is 9.89. The van der Waals surface area contributed by atoms with Gasteiger partial charge in [0.25, 0.3) is 17.4 Å². The van der Waals surface area contributed by atoms with Gasteiger partial charge in [0.05, 0.1) is 22.8 Å². The first-order valence-corrected chi connectivity index (χ1v) is 12.5. The predicted octanol–water partition coefficient (Wildman–Crippen LogP) is 4.69. The van der Waals surface area contributed by atoms with Crippen LogP contribution >= 0.6 is 11.3 Å². The number of amides is 2. The van der Waals surface area contributed by atoms with Crippen molar-refractivity contribution < 1.29 is 9.59 Å². The smallest absolute Gasteiger partial charge is 0.262 e. The Balaban J connectivity index is 1.24. The summed E-state index contributed by atoms with van der Waals surface area (Å²) in [7, 11) is 0. The summed E-state index contributed by atoms with van der Waals surface area (Å²) in [5, 5.41) is 2.66. The summed E-state index contributed by atoms with van der Waals surface area (Å²) < 4.78 is 1.59. The number of nitrogens with zero attached hydrogens (tertiary/aromatic N) is 3. The van der Waals surface area contributed by atoms with Crippen molar-refractivity contribution >= 4 is 33.4 Å². The Morgan fingerprint density at radius 1 is 0.853 bits per heavy atom. The Morgan fingerprint density at radius 2 is 1.59 bits per heavy atom. The fraction of sp³-hybridized carbons (Fsp3) is 0.259. The van der Waals surface area contributed by atoms with Crippen molar-refractivity contribution in [1.82, 2.24) is 14.5 Å². The van der Waals surface area contributed by atoms with Crippen molar-refractivity contribution in [1.29, 1.82) is 0 Å². The number of aryl methyl sites for hydroxylation is 3. The largest absolute Gasteiger partial charge is 0.299 e. The first-order valence-electron chi connectivity index (χ1n) is 11.7. The van der Waals surface area contributed by atoms with Gasteiger partial charge in [-0.15, -0.1) is 11.3 Å². The molecule has 0 saturated carbocycles. The van der Waals surface area contributed by atoms with Crippen LogP contribution < -0.4 is 5.56 Å². The number of hydrogen-bond donors (Lipinski definition) is 0. The Kier molecular flexibility index (Phi) is 5.14. The van der Waals surface area contributed by atoms with Gasteiger partial charge in [0.1, 0.15) is 4.83 Å². The molecule has 1 aliphatic heterocycles. The summed E-state index contributed by atoms with van der Waals surface area (Å²) in [5.74, 6) is -0.539. The number of carbonyl (C=O) groups excluding carboxylic acids is 2. The van der Waals surface area contributed by atoms with E-state index in [1.807, 2.05) is 5.38 Å². The standard InChI is InChI=1S/C27H23N3O3S/c31-25-20-8-3-4-9-21(20)26(32)30(25)13-5-12-29-16-28-24-23(27(29)33)22(15-34-24)19-11-10-17-6-1-2-7-18(17)14-19/h3-4,8-11,14-16H,1-2,5-7,12-13H2. The van der Waals surface area contributed by atoms with Crippen LogP contribution in [0.5, 0.6) is 0 Å². The minimum atomic E-state index is -0.269. The zero-order valence-electron chi connectivity index (χ0n) is 18.6. The Bertz CT molecular complexity index is 1480. The first kappa shape index (κ1) is 21.0. The molecule has 0 atom stereocenters. The summed E-state index contributed by atoms with van der Waals surface area (Å²) in [5.41, 5.74) is 5.60. The lowest BCUT2D eigenvalue weighted by Crippen LogP contribution is -2.32. The Morgan fingerprint density at radius 3 is 2.35 bits per heavy atom. The molecule has 0 radical (unpaired) electrons. The van der Waals surface area contributed by atoms with Gasteiger partial charge in [-0.1, -0.05) is 30.3 Å². The lowest BCUT2D eigenvalue weighted by Gasteiger charge is -2.16. The van der Waals surface area contributed by atoms with Gasteiger partial charge in [-0.05, 0) is 60.9 Å². The molecular weight excluding hydrogens is 446 g/mol. The molecule has 0 spiro atoms. The van der Waals surface area contributed by atoms with Crippen molar-refractivity contribution in [2.45, 2.75) is 38.6 Å². The SMILES string of the molecule is O=C1c2ccccc2C(=O)N1CCCn1cnc2scc(-c3ccc4c(c3)CCCC4)c2c1=O. The molecular formula is C27H23N3O3S. The fourth-order valence-corrected chi connectivity index (χ4v) is 5.99. The first-order chi connectivity index (χ1) is 16.6. The van der Waals surface area contributed by atoms with E-state index < -0.39 is 0 Å². The molecule has 2 aliphatic rings. The van der Waals surface area contributed by atoms with Crippen LogP contribution in [0.25, 0.3) is 21.3 Å². The molecule has 6 rings (SSSR count). The van der Waals surface area contributed by atoms with Gasteiger partial charge in [0.15, 0.2) is 0 Å². The number of rotatable bonds is 5. The van der Waals surface area contributed by atoms with Crippen LogP contribution in [0.4, 0.5) is 0 Å². The highest BCUT2D eigenvalue weighted by Gasteiger charge is 2.34. The van der Waals surface area contributed by atoms with Gasteiger partial charge >= 0.3 is 0 Å². The summed E-state index contributed by atoms with van der Waals surface area (Å²) >= 11 is 1.48. The van der Waals surface area contributed by atoms with Gasteiger partial charge in [-0.25, -0.2) is 4.98 Å². The third-order valence-electron chi connectivity index (χ3n) is 6.88. The van der Waals surface area contributed by atoms with E-state index in [9.17, 15) is 14.4 Å². The van der Waals surface area contributed by atoms with Crippen LogP contribution in [0.1, 0.15) is 51.1 Å². The second kappa shape index (κ2) is 8.33. The van der Waals surface area contributed by atoms with Crippen LogP contribution in [0.15, 0.2) is 59.0 Å². The average Bonchev–Trinajstić information content (AvgIpc) is 3.41. The van der Waals surface area contributed by atoms with Gasteiger partial charge in [-0.2, -0.15) is 0 Å². The molecule has 0 fully saturated rings. The number of aromatic nitrogens is 2. The molecule has 0 saturated heterocycles. The minimum Gasteiger partial charge on any atom is -0.299 e. The van der Waals surface area contributed by atoms with Gasteiger partial charge < -0.3 is 0 Å². The number of carbonyl (C=O) groups is 2. The quantitative estimate of drug-likeness (QED) is 0.398. The van der Waals surface area contributed by atoms with E-state index in [-0.39, 0.29) is 23.9 Å². The maximum absolute atomic E-state index is 13.4. The molecule has 3 heterocycles. The summed E-state index contributed by atoms with van der Waals surface area (Å²) in [6.45, 7) is 0.646. The summed E-state index contributed by atoms with van der Waals surface area (Å²) in [4.78, 5) is 45.1. The van der Waals surface area contributed by atoms with Gasteiger partial charge in [-0.3, -0.25) is 23.9 Å². The van der Waals surface area contributed by atoms with Crippen molar-refractivity contribution in [3.8, 4) is 11.1 Å². The topological polar surface area (TPSA) is 72.3 Å². The molecule has 1 aliphatic carbocycles. The molecule has 6 nitrogen and oxygen atoms in total. The molecule has 170 valence electrons. The predicted molar refractivity (Wildman–Crippen MR) is 132 cm³/mol. The van der Waals surface area contributed by atoms with Crippen LogP contribution in [-0.2, 0) is 19.4 Å². The molecule has 34 heavy (non-hydrogen) atoms. The van der Waals surface area contributed by atoms with Crippen molar-refractivity contribution in [3.63, 3.8) is 0 Å². The highest BCUT2D eigenvalue weighted by molar-refractivity contribution is 7.17. The van der Waals surface area contributed by atoms with E-state index in [1.54, 1.807) is 35.2 Å². The highest BCUT2D eigenvalue weighted by Crippen LogP contribution is 2.33. The molecule has 2 aromatic carbocycles. The molecule has 7 heteroatoms. The van der Waals surface area contributed by atoms with Gasteiger partial charge in [0.2, 0.25) is 0 Å². The fourth-order valence-electron chi connectivity index (χ4n) is 5.08. The van der Waals surface area contributed by atoms with Crippen molar-refractivity contribution in [2.75, 3.05) is 6.54 Å². The van der Waals surface area contributed by atoms with Crippen molar-refractivity contribution in [2.24, 2.45) is 0 Å².